The van der Waals surface area contributed by atoms with E-state index < -0.39 is 0 Å². The third-order valence-corrected chi connectivity index (χ3v) is 4.74. The molecule has 3 aromatic rings. The average Bonchev–Trinajstić information content (AvgIpc) is 2.67. The van der Waals surface area contributed by atoms with Crippen LogP contribution in [0.4, 0.5) is 4.39 Å². The summed E-state index contributed by atoms with van der Waals surface area (Å²) in [4.78, 5) is 16.0. The average molecular weight is 293 g/mol. The van der Waals surface area contributed by atoms with Crippen molar-refractivity contribution in [3.63, 3.8) is 0 Å². The standard InChI is InChI=1S/C12H7FN2OSe/c13-8-1-2-10-11(7-8)17-15(12(10)16)9-3-5-14-6-4-9/h1-7H. The molecule has 0 bridgehead atoms. The summed E-state index contributed by atoms with van der Waals surface area (Å²) < 4.78 is 15.6. The first-order chi connectivity index (χ1) is 8.25. The van der Waals surface area contributed by atoms with Gasteiger partial charge in [0.05, 0.1) is 0 Å². The second-order valence-corrected chi connectivity index (χ2v) is 5.61. The van der Waals surface area contributed by atoms with Crippen molar-refractivity contribution in [3.8, 4) is 5.69 Å². The Labute approximate surface area is 102 Å². The number of aromatic nitrogens is 2. The second kappa shape index (κ2) is 3.95. The van der Waals surface area contributed by atoms with E-state index in [9.17, 15) is 9.18 Å². The second-order valence-electron chi connectivity index (χ2n) is 3.54. The van der Waals surface area contributed by atoms with Crippen molar-refractivity contribution in [1.29, 1.82) is 0 Å². The Morgan fingerprint density at radius 2 is 1.94 bits per heavy atom. The normalized spacial score (nSPS) is 10.9. The van der Waals surface area contributed by atoms with E-state index in [0.717, 1.165) is 9.95 Å². The maximum absolute atomic E-state index is 13.1. The number of halogens is 1. The van der Waals surface area contributed by atoms with Crippen LogP contribution in [-0.2, 0) is 0 Å². The molecular formula is C12H7FN2OSe. The molecule has 0 unspecified atom stereocenters. The third kappa shape index (κ3) is 1.73. The van der Waals surface area contributed by atoms with Gasteiger partial charge >= 0.3 is 102 Å². The van der Waals surface area contributed by atoms with Gasteiger partial charge in [-0.2, -0.15) is 0 Å². The van der Waals surface area contributed by atoms with Crippen LogP contribution in [0.2, 0.25) is 0 Å². The van der Waals surface area contributed by atoms with E-state index in [0.29, 0.717) is 5.39 Å². The molecule has 3 rings (SSSR count). The van der Waals surface area contributed by atoms with Gasteiger partial charge in [0, 0.05) is 0 Å². The maximum atomic E-state index is 13.1. The molecule has 0 aliphatic carbocycles. The van der Waals surface area contributed by atoms with Gasteiger partial charge in [0.15, 0.2) is 0 Å². The van der Waals surface area contributed by atoms with E-state index in [1.54, 1.807) is 34.2 Å². The SMILES string of the molecule is O=c1c2ccc(F)cc2[se]n1-c1ccncc1. The van der Waals surface area contributed by atoms with Crippen molar-refractivity contribution in [3.05, 3.63) is 58.9 Å². The van der Waals surface area contributed by atoms with Gasteiger partial charge in [-0.15, -0.1) is 0 Å². The van der Waals surface area contributed by atoms with Crippen molar-refractivity contribution in [2.75, 3.05) is 0 Å². The Balaban J connectivity index is 2.32. The topological polar surface area (TPSA) is 34.9 Å². The molecule has 5 heteroatoms. The first-order valence-electron chi connectivity index (χ1n) is 4.98. The summed E-state index contributed by atoms with van der Waals surface area (Å²) in [6, 6.07) is 7.87. The first-order valence-corrected chi connectivity index (χ1v) is 6.60. The molecule has 1 aromatic carbocycles. The molecular weight excluding hydrogens is 286 g/mol. The Morgan fingerprint density at radius 3 is 2.71 bits per heavy atom. The fourth-order valence-corrected chi connectivity index (χ4v) is 3.80. The summed E-state index contributed by atoms with van der Waals surface area (Å²) in [6.07, 6.45) is 3.28. The van der Waals surface area contributed by atoms with Crippen LogP contribution in [0.15, 0.2) is 47.5 Å². The molecule has 0 fully saturated rings. The molecule has 0 aliphatic rings. The zero-order valence-corrected chi connectivity index (χ0v) is 10.3. The van der Waals surface area contributed by atoms with Crippen LogP contribution in [0.5, 0.6) is 0 Å². The van der Waals surface area contributed by atoms with Crippen LogP contribution < -0.4 is 5.56 Å². The summed E-state index contributed by atoms with van der Waals surface area (Å²) in [6.45, 7) is 0. The van der Waals surface area contributed by atoms with Crippen LogP contribution in [0.3, 0.4) is 0 Å². The summed E-state index contributed by atoms with van der Waals surface area (Å²) in [5.41, 5.74) is 0.743. The van der Waals surface area contributed by atoms with Gasteiger partial charge in [-0.25, -0.2) is 0 Å². The van der Waals surface area contributed by atoms with Crippen LogP contribution >= 0.6 is 0 Å². The minimum atomic E-state index is -0.296. The molecule has 3 nitrogen and oxygen atoms in total. The van der Waals surface area contributed by atoms with E-state index in [1.807, 2.05) is 0 Å². The van der Waals surface area contributed by atoms with Gasteiger partial charge in [-0.3, -0.25) is 0 Å². The van der Waals surface area contributed by atoms with Gasteiger partial charge < -0.3 is 0 Å². The molecule has 0 saturated heterocycles. The Hall–Kier alpha value is -1.71. The van der Waals surface area contributed by atoms with Crippen LogP contribution in [-0.4, -0.2) is 23.3 Å². The number of fused-ring (bicyclic) bond motifs is 1. The molecule has 0 spiro atoms. The molecule has 0 saturated carbocycles. The number of hydrogen-bond donors (Lipinski definition) is 0. The predicted molar refractivity (Wildman–Crippen MR) is 64.2 cm³/mol. The molecule has 0 amide bonds. The van der Waals surface area contributed by atoms with E-state index >= 15 is 0 Å². The summed E-state index contributed by atoms with van der Waals surface area (Å²) in [5, 5.41) is 0.600. The molecule has 84 valence electrons. The number of nitrogens with zero attached hydrogens (tertiary/aromatic N) is 2. The molecule has 17 heavy (non-hydrogen) atoms. The van der Waals surface area contributed by atoms with Crippen LogP contribution in [0, 0.1) is 5.82 Å². The molecule has 0 N–H and O–H groups in total. The molecule has 0 aliphatic heterocycles. The molecule has 2 heterocycles. The van der Waals surface area contributed by atoms with Crippen molar-refractivity contribution in [2.45, 2.75) is 0 Å². The van der Waals surface area contributed by atoms with Gasteiger partial charge in [0.25, 0.3) is 0 Å². The van der Waals surface area contributed by atoms with E-state index in [4.69, 9.17) is 0 Å². The number of hydrogen-bond acceptors (Lipinski definition) is 2. The summed E-state index contributed by atoms with van der Waals surface area (Å²) in [7, 11) is 0. The molecule has 0 radical (unpaired) electrons. The van der Waals surface area contributed by atoms with Gasteiger partial charge in [-0.1, -0.05) is 0 Å². The monoisotopic (exact) mass is 294 g/mol. The number of benzene rings is 1. The summed E-state index contributed by atoms with van der Waals surface area (Å²) >= 11 is -0.199. The Kier molecular flexibility index (Phi) is 2.42. The van der Waals surface area contributed by atoms with Crippen molar-refractivity contribution in [1.82, 2.24) is 8.55 Å². The molecule has 2 aromatic heterocycles. The zero-order chi connectivity index (χ0) is 11.8. The van der Waals surface area contributed by atoms with Crippen LogP contribution in [0.1, 0.15) is 0 Å². The number of pyridine rings is 1. The van der Waals surface area contributed by atoms with Crippen molar-refractivity contribution >= 4 is 24.4 Å². The van der Waals surface area contributed by atoms with E-state index in [-0.39, 0.29) is 26.1 Å². The quantitative estimate of drug-likeness (QED) is 0.639. The van der Waals surface area contributed by atoms with E-state index in [2.05, 4.69) is 4.98 Å². The van der Waals surface area contributed by atoms with E-state index in [1.165, 1.54) is 12.1 Å². The third-order valence-electron chi connectivity index (χ3n) is 2.45. The Morgan fingerprint density at radius 1 is 1.18 bits per heavy atom. The van der Waals surface area contributed by atoms with Crippen LogP contribution in [0.25, 0.3) is 15.3 Å². The first kappa shape index (κ1) is 10.4. The van der Waals surface area contributed by atoms with Gasteiger partial charge in [0.2, 0.25) is 0 Å². The minimum absolute atomic E-state index is 0.0637. The fourth-order valence-electron chi connectivity index (χ4n) is 1.65. The van der Waals surface area contributed by atoms with Gasteiger partial charge in [-0.05, 0) is 0 Å². The van der Waals surface area contributed by atoms with Crippen molar-refractivity contribution in [2.24, 2.45) is 0 Å². The fraction of sp³-hybridized carbons (Fsp3) is 0. The number of rotatable bonds is 1. The van der Waals surface area contributed by atoms with Crippen molar-refractivity contribution < 1.29 is 4.39 Å². The summed E-state index contributed by atoms with van der Waals surface area (Å²) in [5.74, 6) is -0.296. The Bertz CT molecular complexity index is 733. The van der Waals surface area contributed by atoms with Gasteiger partial charge in [0.1, 0.15) is 0 Å². The molecule has 0 atom stereocenters. The predicted octanol–water partition coefficient (Wildman–Crippen LogP) is 1.58. The zero-order valence-electron chi connectivity index (χ0n) is 8.63.